The van der Waals surface area contributed by atoms with Crippen molar-refractivity contribution in [2.24, 2.45) is 0 Å². The molecule has 0 aliphatic carbocycles. The normalized spacial score (nSPS) is 15.7. The van der Waals surface area contributed by atoms with Gasteiger partial charge in [0.2, 0.25) is 10.0 Å². The summed E-state index contributed by atoms with van der Waals surface area (Å²) in [5, 5.41) is 2.30. The molecule has 1 fully saturated rings. The van der Waals surface area contributed by atoms with E-state index in [1.54, 1.807) is 17.0 Å². The van der Waals surface area contributed by atoms with Crippen LogP contribution in [0, 0.1) is 0 Å². The molecule has 0 bridgehead atoms. The van der Waals surface area contributed by atoms with Gasteiger partial charge in [-0.2, -0.15) is 4.31 Å². The Bertz CT molecular complexity index is 1130. The summed E-state index contributed by atoms with van der Waals surface area (Å²) in [5.41, 5.74) is 0.643. The fourth-order valence-corrected chi connectivity index (χ4v) is 5.21. The summed E-state index contributed by atoms with van der Waals surface area (Å²) in [4.78, 5) is 14.9. The number of nitrogens with zero attached hydrogens (tertiary/aromatic N) is 2. The van der Waals surface area contributed by atoms with Gasteiger partial charge in [0.25, 0.3) is 5.91 Å². The van der Waals surface area contributed by atoms with Gasteiger partial charge in [0.15, 0.2) is 0 Å². The third kappa shape index (κ3) is 3.51. The number of halogens is 1. The monoisotopic (exact) mass is 414 g/mol. The Balaban J connectivity index is 1.52. The minimum atomic E-state index is -3.62. The largest absolute Gasteiger partial charge is 0.336 e. The van der Waals surface area contributed by atoms with Gasteiger partial charge in [-0.3, -0.25) is 4.79 Å². The van der Waals surface area contributed by atoms with Crippen molar-refractivity contribution in [3.63, 3.8) is 0 Å². The molecule has 7 heteroatoms. The van der Waals surface area contributed by atoms with Crippen LogP contribution in [0.1, 0.15) is 10.4 Å². The number of carbonyl (C=O) groups excluding carboxylic acids is 1. The first-order valence-corrected chi connectivity index (χ1v) is 10.8. The minimum absolute atomic E-state index is 0.0726. The summed E-state index contributed by atoms with van der Waals surface area (Å²) in [7, 11) is -3.62. The number of rotatable bonds is 3. The van der Waals surface area contributed by atoms with Gasteiger partial charge in [-0.05, 0) is 35.0 Å². The van der Waals surface area contributed by atoms with Crippen LogP contribution in [0.25, 0.3) is 10.8 Å². The van der Waals surface area contributed by atoms with Crippen LogP contribution in [0.4, 0.5) is 0 Å². The first-order chi connectivity index (χ1) is 13.5. The molecule has 1 aliphatic heterocycles. The molecule has 0 spiro atoms. The van der Waals surface area contributed by atoms with Crippen LogP contribution < -0.4 is 0 Å². The summed E-state index contributed by atoms with van der Waals surface area (Å²) in [6.45, 7) is 1.21. The highest BCUT2D eigenvalue weighted by atomic mass is 35.5. The van der Waals surface area contributed by atoms with E-state index in [4.69, 9.17) is 11.6 Å². The van der Waals surface area contributed by atoms with Gasteiger partial charge >= 0.3 is 0 Å². The molecule has 0 atom stereocenters. The van der Waals surface area contributed by atoms with Crippen LogP contribution in [-0.4, -0.2) is 49.7 Å². The van der Waals surface area contributed by atoms with Crippen LogP contribution >= 0.6 is 11.6 Å². The quantitative estimate of drug-likeness (QED) is 0.657. The van der Waals surface area contributed by atoms with Crippen LogP contribution in [-0.2, 0) is 10.0 Å². The van der Waals surface area contributed by atoms with Crippen LogP contribution in [0.5, 0.6) is 0 Å². The molecule has 3 aromatic carbocycles. The van der Waals surface area contributed by atoms with E-state index in [1.165, 1.54) is 16.4 Å². The fraction of sp³-hybridized carbons (Fsp3) is 0.190. The molecule has 0 N–H and O–H groups in total. The Kier molecular flexibility index (Phi) is 5.10. The van der Waals surface area contributed by atoms with Crippen LogP contribution in [0.3, 0.4) is 0 Å². The lowest BCUT2D eigenvalue weighted by atomic mass is 10.0. The average Bonchev–Trinajstić information content (AvgIpc) is 2.73. The molecule has 4 rings (SSSR count). The Morgan fingerprint density at radius 1 is 0.857 bits per heavy atom. The second-order valence-corrected chi connectivity index (χ2v) is 9.05. The third-order valence-electron chi connectivity index (χ3n) is 4.98. The number of sulfonamides is 1. The summed E-state index contributed by atoms with van der Waals surface area (Å²) < 4.78 is 27.1. The molecule has 0 aromatic heterocycles. The maximum absolute atomic E-state index is 13.0. The number of piperazine rings is 1. The molecule has 1 aliphatic rings. The zero-order valence-electron chi connectivity index (χ0n) is 15.1. The maximum Gasteiger partial charge on any atom is 0.254 e. The van der Waals surface area contributed by atoms with Crippen molar-refractivity contribution < 1.29 is 13.2 Å². The van der Waals surface area contributed by atoms with Gasteiger partial charge in [-0.1, -0.05) is 54.1 Å². The van der Waals surface area contributed by atoms with E-state index in [0.29, 0.717) is 23.7 Å². The van der Waals surface area contributed by atoms with Gasteiger partial charge in [0, 0.05) is 36.8 Å². The Labute approximate surface area is 169 Å². The van der Waals surface area contributed by atoms with Crippen LogP contribution in [0.15, 0.2) is 71.6 Å². The molecular weight excluding hydrogens is 396 g/mol. The summed E-state index contributed by atoms with van der Waals surface area (Å²) in [5.74, 6) is -0.0726. The zero-order chi connectivity index (χ0) is 19.7. The van der Waals surface area contributed by atoms with Gasteiger partial charge in [0.05, 0.1) is 4.90 Å². The molecule has 28 heavy (non-hydrogen) atoms. The lowest BCUT2D eigenvalue weighted by Crippen LogP contribution is -2.50. The van der Waals surface area contributed by atoms with Crippen molar-refractivity contribution in [3.8, 4) is 0 Å². The van der Waals surface area contributed by atoms with E-state index in [1.807, 2.05) is 42.5 Å². The van der Waals surface area contributed by atoms with E-state index in [0.717, 1.165) is 10.8 Å². The predicted molar refractivity (Wildman–Crippen MR) is 110 cm³/mol. The number of carbonyl (C=O) groups is 1. The van der Waals surface area contributed by atoms with E-state index in [9.17, 15) is 13.2 Å². The first-order valence-electron chi connectivity index (χ1n) is 8.99. The van der Waals surface area contributed by atoms with E-state index >= 15 is 0 Å². The predicted octanol–water partition coefficient (Wildman–Crippen LogP) is 3.64. The number of fused-ring (bicyclic) bond motifs is 1. The SMILES string of the molecule is O=C(c1cccc2ccccc12)N1CCN(S(=O)(=O)c2cccc(Cl)c2)CC1. The Morgan fingerprint density at radius 3 is 2.29 bits per heavy atom. The van der Waals surface area contributed by atoms with Crippen molar-refractivity contribution in [1.29, 1.82) is 0 Å². The molecule has 3 aromatic rings. The standard InChI is InChI=1S/C21H19ClN2O3S/c22-17-7-4-8-18(15-17)28(26,27)24-13-11-23(12-14-24)21(25)20-10-3-6-16-5-1-2-9-19(16)20/h1-10,15H,11-14H2. The highest BCUT2D eigenvalue weighted by Crippen LogP contribution is 2.23. The molecule has 144 valence electrons. The minimum Gasteiger partial charge on any atom is -0.336 e. The molecule has 5 nitrogen and oxygen atoms in total. The summed E-state index contributed by atoms with van der Waals surface area (Å²) in [6.07, 6.45) is 0. The summed E-state index contributed by atoms with van der Waals surface area (Å²) in [6, 6.07) is 19.7. The van der Waals surface area contributed by atoms with Crippen molar-refractivity contribution in [2.75, 3.05) is 26.2 Å². The van der Waals surface area contributed by atoms with E-state index < -0.39 is 10.0 Å². The van der Waals surface area contributed by atoms with Gasteiger partial charge in [-0.15, -0.1) is 0 Å². The number of hydrogen-bond donors (Lipinski definition) is 0. The second-order valence-electron chi connectivity index (χ2n) is 6.68. The topological polar surface area (TPSA) is 57.7 Å². The number of hydrogen-bond acceptors (Lipinski definition) is 3. The Morgan fingerprint density at radius 2 is 1.54 bits per heavy atom. The van der Waals surface area contributed by atoms with E-state index in [2.05, 4.69) is 0 Å². The highest BCUT2D eigenvalue weighted by molar-refractivity contribution is 7.89. The lowest BCUT2D eigenvalue weighted by molar-refractivity contribution is 0.0700. The number of amides is 1. The molecule has 0 unspecified atom stereocenters. The molecule has 0 saturated carbocycles. The van der Waals surface area contributed by atoms with Gasteiger partial charge in [0.1, 0.15) is 0 Å². The number of benzene rings is 3. The van der Waals surface area contributed by atoms with E-state index in [-0.39, 0.29) is 23.9 Å². The third-order valence-corrected chi connectivity index (χ3v) is 7.11. The first kappa shape index (κ1) is 18.9. The zero-order valence-corrected chi connectivity index (χ0v) is 16.7. The Hall–Kier alpha value is -2.41. The maximum atomic E-state index is 13.0. The summed E-state index contributed by atoms with van der Waals surface area (Å²) >= 11 is 5.93. The lowest BCUT2D eigenvalue weighted by Gasteiger charge is -2.34. The molecule has 1 amide bonds. The van der Waals surface area contributed by atoms with Crippen molar-refractivity contribution in [1.82, 2.24) is 9.21 Å². The van der Waals surface area contributed by atoms with Crippen molar-refractivity contribution in [2.45, 2.75) is 4.90 Å². The van der Waals surface area contributed by atoms with Gasteiger partial charge in [-0.25, -0.2) is 8.42 Å². The molecule has 1 heterocycles. The molecular formula is C21H19ClN2O3S. The molecule has 1 saturated heterocycles. The van der Waals surface area contributed by atoms with Crippen molar-refractivity contribution >= 4 is 38.3 Å². The smallest absolute Gasteiger partial charge is 0.254 e. The van der Waals surface area contributed by atoms with Crippen molar-refractivity contribution in [3.05, 3.63) is 77.3 Å². The highest BCUT2D eigenvalue weighted by Gasteiger charge is 2.30. The van der Waals surface area contributed by atoms with Crippen LogP contribution in [0.2, 0.25) is 5.02 Å². The fourth-order valence-electron chi connectivity index (χ4n) is 3.49. The van der Waals surface area contributed by atoms with Gasteiger partial charge < -0.3 is 4.90 Å². The second kappa shape index (κ2) is 7.54. The average molecular weight is 415 g/mol. The molecule has 0 radical (unpaired) electrons.